The minimum absolute atomic E-state index is 0.0195. The van der Waals surface area contributed by atoms with Crippen molar-refractivity contribution in [2.45, 2.75) is 6.42 Å². The van der Waals surface area contributed by atoms with Crippen LogP contribution in [0.15, 0.2) is 18.2 Å². The molecule has 0 saturated carbocycles. The first-order chi connectivity index (χ1) is 8.15. The summed E-state index contributed by atoms with van der Waals surface area (Å²) < 4.78 is 10.3. The van der Waals surface area contributed by atoms with Crippen molar-refractivity contribution in [3.63, 3.8) is 0 Å². The van der Waals surface area contributed by atoms with E-state index in [-0.39, 0.29) is 24.7 Å². The molecule has 17 heavy (non-hydrogen) atoms. The minimum Gasteiger partial charge on any atom is -0.493 e. The van der Waals surface area contributed by atoms with E-state index in [1.165, 1.54) is 12.0 Å². The van der Waals surface area contributed by atoms with Crippen LogP contribution >= 0.6 is 0 Å². The van der Waals surface area contributed by atoms with Crippen LogP contribution in [0.4, 0.5) is 5.69 Å². The van der Waals surface area contributed by atoms with Gasteiger partial charge in [0.15, 0.2) is 17.3 Å². The summed E-state index contributed by atoms with van der Waals surface area (Å²) in [4.78, 5) is 24.2. The number of carbonyl (C=O) groups excluding carboxylic acids is 2. The number of rotatable bonds is 3. The lowest BCUT2D eigenvalue weighted by Gasteiger charge is -2.16. The van der Waals surface area contributed by atoms with E-state index in [2.05, 4.69) is 0 Å². The molecule has 1 aliphatic rings. The highest BCUT2D eigenvalue weighted by atomic mass is 16.5. The molecule has 1 aliphatic heterocycles. The average molecular weight is 235 g/mol. The summed E-state index contributed by atoms with van der Waals surface area (Å²) in [7, 11) is 3.07. The van der Waals surface area contributed by atoms with Gasteiger partial charge in [-0.05, 0) is 12.1 Å². The van der Waals surface area contributed by atoms with Crippen LogP contribution in [0.2, 0.25) is 0 Å². The summed E-state index contributed by atoms with van der Waals surface area (Å²) >= 11 is 0. The van der Waals surface area contributed by atoms with Crippen LogP contribution in [-0.2, 0) is 9.59 Å². The fourth-order valence-electron chi connectivity index (χ4n) is 1.81. The summed E-state index contributed by atoms with van der Waals surface area (Å²) in [5.74, 6) is 0.887. The van der Waals surface area contributed by atoms with Crippen LogP contribution in [-0.4, -0.2) is 32.5 Å². The molecule has 0 aromatic heterocycles. The van der Waals surface area contributed by atoms with Gasteiger partial charge in [0.05, 0.1) is 27.2 Å². The van der Waals surface area contributed by atoms with E-state index in [9.17, 15) is 9.59 Å². The summed E-state index contributed by atoms with van der Waals surface area (Å²) in [6, 6.07) is 5.14. The Morgan fingerprint density at radius 1 is 1.12 bits per heavy atom. The Labute approximate surface area is 98.9 Å². The first kappa shape index (κ1) is 11.4. The zero-order chi connectivity index (χ0) is 12.4. The van der Waals surface area contributed by atoms with Crippen molar-refractivity contribution < 1.29 is 19.1 Å². The monoisotopic (exact) mass is 235 g/mol. The summed E-state index contributed by atoms with van der Waals surface area (Å²) in [6.45, 7) is 0.133. The third-order valence-corrected chi connectivity index (χ3v) is 2.66. The van der Waals surface area contributed by atoms with Gasteiger partial charge >= 0.3 is 0 Å². The summed E-state index contributed by atoms with van der Waals surface area (Å²) in [6.07, 6.45) is -0.0195. The molecule has 90 valence electrons. The van der Waals surface area contributed by atoms with Crippen molar-refractivity contribution in [3.05, 3.63) is 18.2 Å². The third kappa shape index (κ3) is 2.08. The quantitative estimate of drug-likeness (QED) is 0.734. The number of nitrogens with zero attached hydrogens (tertiary/aromatic N) is 1. The first-order valence-electron chi connectivity index (χ1n) is 5.20. The van der Waals surface area contributed by atoms with E-state index in [0.717, 1.165) is 0 Å². The second-order valence-corrected chi connectivity index (χ2v) is 3.73. The zero-order valence-electron chi connectivity index (χ0n) is 9.73. The van der Waals surface area contributed by atoms with Crippen molar-refractivity contribution in [3.8, 4) is 11.5 Å². The van der Waals surface area contributed by atoms with Gasteiger partial charge in [-0.1, -0.05) is 0 Å². The number of carbonyl (C=O) groups is 2. The van der Waals surface area contributed by atoms with Gasteiger partial charge < -0.3 is 14.4 Å². The molecule has 0 spiro atoms. The average Bonchev–Trinajstić information content (AvgIpc) is 2.67. The van der Waals surface area contributed by atoms with Crippen molar-refractivity contribution >= 4 is 17.4 Å². The van der Waals surface area contributed by atoms with E-state index in [1.54, 1.807) is 25.3 Å². The van der Waals surface area contributed by atoms with Gasteiger partial charge in [-0.15, -0.1) is 0 Å². The Hall–Kier alpha value is -2.04. The maximum Gasteiger partial charge on any atom is 0.234 e. The van der Waals surface area contributed by atoms with Gasteiger partial charge in [0, 0.05) is 11.8 Å². The molecule has 0 unspecified atom stereocenters. The highest BCUT2D eigenvalue weighted by molar-refractivity contribution is 6.15. The Morgan fingerprint density at radius 2 is 1.82 bits per heavy atom. The highest BCUT2D eigenvalue weighted by Gasteiger charge is 2.29. The number of hydrogen-bond donors (Lipinski definition) is 0. The van der Waals surface area contributed by atoms with Crippen LogP contribution in [0, 0.1) is 0 Å². The number of hydrogen-bond acceptors (Lipinski definition) is 4. The van der Waals surface area contributed by atoms with Crippen LogP contribution < -0.4 is 14.4 Å². The second-order valence-electron chi connectivity index (χ2n) is 3.73. The van der Waals surface area contributed by atoms with E-state index in [4.69, 9.17) is 9.47 Å². The molecule has 0 atom stereocenters. The van der Waals surface area contributed by atoms with Gasteiger partial charge in [0.2, 0.25) is 5.91 Å². The van der Waals surface area contributed by atoms with Crippen molar-refractivity contribution in [2.75, 3.05) is 25.7 Å². The van der Waals surface area contributed by atoms with E-state index >= 15 is 0 Å². The minimum atomic E-state index is -0.179. The molecule has 1 heterocycles. The lowest BCUT2D eigenvalue weighted by molar-refractivity contribution is -0.121. The molecule has 1 aromatic carbocycles. The number of amides is 1. The van der Waals surface area contributed by atoms with Crippen molar-refractivity contribution in [1.29, 1.82) is 0 Å². The number of anilines is 1. The number of ketones is 1. The van der Waals surface area contributed by atoms with Gasteiger partial charge in [-0.2, -0.15) is 0 Å². The van der Waals surface area contributed by atoms with Crippen molar-refractivity contribution in [1.82, 2.24) is 0 Å². The van der Waals surface area contributed by atoms with Crippen molar-refractivity contribution in [2.24, 2.45) is 0 Å². The maximum atomic E-state index is 11.6. The standard InChI is InChI=1S/C12H13NO4/c1-16-10-4-3-8(5-11(10)17-2)13-7-9(14)6-12(13)15/h3-5H,6-7H2,1-2H3. The molecule has 0 radical (unpaired) electrons. The molecule has 1 fully saturated rings. The largest absolute Gasteiger partial charge is 0.493 e. The molecule has 1 saturated heterocycles. The highest BCUT2D eigenvalue weighted by Crippen LogP contribution is 2.32. The molecular formula is C12H13NO4. The van der Waals surface area contributed by atoms with Crippen LogP contribution in [0.25, 0.3) is 0 Å². The Bertz CT molecular complexity index is 470. The van der Waals surface area contributed by atoms with Gasteiger partial charge in [-0.25, -0.2) is 0 Å². The van der Waals surface area contributed by atoms with Gasteiger partial charge in [0.25, 0.3) is 0 Å². The van der Waals surface area contributed by atoms with E-state index in [1.807, 2.05) is 0 Å². The summed E-state index contributed by atoms with van der Waals surface area (Å²) in [5, 5.41) is 0. The van der Waals surface area contributed by atoms with Gasteiger partial charge in [-0.3, -0.25) is 9.59 Å². The molecular weight excluding hydrogens is 222 g/mol. The number of methoxy groups -OCH3 is 2. The predicted molar refractivity (Wildman–Crippen MR) is 61.5 cm³/mol. The second kappa shape index (κ2) is 4.45. The van der Waals surface area contributed by atoms with Crippen LogP contribution in [0.5, 0.6) is 11.5 Å². The predicted octanol–water partition coefficient (Wildman–Crippen LogP) is 1.01. The maximum absolute atomic E-state index is 11.6. The Balaban J connectivity index is 2.33. The molecule has 1 aromatic rings. The number of ether oxygens (including phenoxy) is 2. The molecule has 2 rings (SSSR count). The third-order valence-electron chi connectivity index (χ3n) is 2.66. The SMILES string of the molecule is COc1ccc(N2CC(=O)CC2=O)cc1OC. The molecule has 0 bridgehead atoms. The molecule has 0 aliphatic carbocycles. The van der Waals surface area contributed by atoms with Gasteiger partial charge in [0.1, 0.15) is 0 Å². The van der Waals surface area contributed by atoms with E-state index < -0.39 is 0 Å². The first-order valence-corrected chi connectivity index (χ1v) is 5.20. The Kier molecular flexibility index (Phi) is 2.99. The lowest BCUT2D eigenvalue weighted by Crippen LogP contribution is -2.24. The lowest BCUT2D eigenvalue weighted by atomic mass is 10.2. The summed E-state index contributed by atoms with van der Waals surface area (Å²) in [5.41, 5.74) is 0.651. The van der Waals surface area contributed by atoms with E-state index in [0.29, 0.717) is 17.2 Å². The Morgan fingerprint density at radius 3 is 2.35 bits per heavy atom. The van der Waals surface area contributed by atoms with Crippen LogP contribution in [0.1, 0.15) is 6.42 Å². The van der Waals surface area contributed by atoms with Crippen LogP contribution in [0.3, 0.4) is 0 Å². The molecule has 5 nitrogen and oxygen atoms in total. The zero-order valence-corrected chi connectivity index (χ0v) is 9.73. The number of Topliss-reactive ketones (excluding diaryl/α,β-unsaturated/α-hetero) is 1. The normalized spacial score (nSPS) is 15.3. The fourth-order valence-corrected chi connectivity index (χ4v) is 1.81. The molecule has 1 amide bonds. The number of benzene rings is 1. The molecule has 0 N–H and O–H groups in total. The molecule has 5 heteroatoms. The smallest absolute Gasteiger partial charge is 0.234 e. The fraction of sp³-hybridized carbons (Fsp3) is 0.333. The topological polar surface area (TPSA) is 55.8 Å².